The largest absolute Gasteiger partial charge is 0.299 e. The van der Waals surface area contributed by atoms with Crippen molar-refractivity contribution in [1.29, 1.82) is 0 Å². The van der Waals surface area contributed by atoms with Crippen LogP contribution in [-0.2, 0) is 21.2 Å². The number of carbonyl (C=O) groups excluding carboxylic acids is 1. The molecule has 0 aromatic heterocycles. The summed E-state index contributed by atoms with van der Waals surface area (Å²) >= 11 is 0. The number of benzene rings is 1. The van der Waals surface area contributed by atoms with Crippen LogP contribution in [0.5, 0.6) is 0 Å². The van der Waals surface area contributed by atoms with Crippen LogP contribution in [0.25, 0.3) is 0 Å². The molecule has 1 aromatic carbocycles. The van der Waals surface area contributed by atoms with Crippen LogP contribution in [0, 0.1) is 11.8 Å². The molecule has 4 nitrogen and oxygen atoms in total. The van der Waals surface area contributed by atoms with Crippen LogP contribution in [0.4, 0.5) is 0 Å². The molecule has 0 N–H and O–H groups in total. The van der Waals surface area contributed by atoms with E-state index < -0.39 is 9.84 Å². The Morgan fingerprint density at radius 3 is 2.21 bits per heavy atom. The van der Waals surface area contributed by atoms with Gasteiger partial charge in [0.15, 0.2) is 9.84 Å². The van der Waals surface area contributed by atoms with E-state index in [1.165, 1.54) is 5.56 Å². The zero-order valence-corrected chi connectivity index (χ0v) is 11.5. The topological polar surface area (TPSA) is 54.5 Å². The second-order valence-electron chi connectivity index (χ2n) is 5.55. The van der Waals surface area contributed by atoms with E-state index in [1.807, 2.05) is 18.2 Å². The van der Waals surface area contributed by atoms with Crippen molar-refractivity contribution in [3.05, 3.63) is 35.9 Å². The van der Waals surface area contributed by atoms with Crippen molar-refractivity contribution in [2.24, 2.45) is 11.8 Å². The van der Waals surface area contributed by atoms with Crippen molar-refractivity contribution >= 4 is 15.6 Å². The van der Waals surface area contributed by atoms with Crippen LogP contribution in [0.15, 0.2) is 30.3 Å². The van der Waals surface area contributed by atoms with E-state index >= 15 is 0 Å². The lowest BCUT2D eigenvalue weighted by molar-refractivity contribution is -0.130. The fourth-order valence-corrected chi connectivity index (χ4v) is 5.03. The summed E-state index contributed by atoms with van der Waals surface area (Å²) in [6, 6.07) is 10.1. The van der Waals surface area contributed by atoms with Crippen molar-refractivity contribution in [2.45, 2.75) is 6.54 Å². The molecule has 5 heteroatoms. The lowest BCUT2D eigenvalue weighted by Gasteiger charge is -2.39. The Kier molecular flexibility index (Phi) is 3.19. The first-order valence-corrected chi connectivity index (χ1v) is 8.36. The summed E-state index contributed by atoms with van der Waals surface area (Å²) in [6.07, 6.45) is 0. The van der Waals surface area contributed by atoms with Crippen LogP contribution < -0.4 is 0 Å². The Balaban J connectivity index is 1.74. The van der Waals surface area contributed by atoms with Gasteiger partial charge in [-0.15, -0.1) is 0 Å². The van der Waals surface area contributed by atoms with Gasteiger partial charge in [0.25, 0.3) is 0 Å². The number of hydrogen-bond donors (Lipinski definition) is 0. The zero-order valence-electron chi connectivity index (χ0n) is 10.7. The van der Waals surface area contributed by atoms with Gasteiger partial charge in [-0.05, 0) is 5.56 Å². The molecule has 2 heterocycles. The molecular formula is C14H17NO3S. The summed E-state index contributed by atoms with van der Waals surface area (Å²) in [6.45, 7) is 1.94. The van der Waals surface area contributed by atoms with Gasteiger partial charge in [-0.1, -0.05) is 30.3 Å². The highest BCUT2D eigenvalue weighted by Gasteiger charge is 2.43. The van der Waals surface area contributed by atoms with Crippen LogP contribution >= 0.6 is 0 Å². The lowest BCUT2D eigenvalue weighted by Crippen LogP contribution is -2.54. The molecule has 2 bridgehead atoms. The van der Waals surface area contributed by atoms with Gasteiger partial charge in [0.1, 0.15) is 5.78 Å². The minimum atomic E-state index is -3.02. The van der Waals surface area contributed by atoms with E-state index in [2.05, 4.69) is 17.0 Å². The van der Waals surface area contributed by atoms with Gasteiger partial charge >= 0.3 is 0 Å². The molecule has 102 valence electrons. The summed E-state index contributed by atoms with van der Waals surface area (Å²) in [5, 5.41) is 0. The number of likely N-dealkylation sites (tertiary alicyclic amines) is 1. The second-order valence-corrected chi connectivity index (χ2v) is 7.71. The van der Waals surface area contributed by atoms with E-state index in [0.717, 1.165) is 6.54 Å². The van der Waals surface area contributed by atoms with E-state index in [1.54, 1.807) is 0 Å². The third kappa shape index (κ3) is 2.72. The smallest absolute Gasteiger partial charge is 0.151 e. The maximum Gasteiger partial charge on any atom is 0.151 e. The fraction of sp³-hybridized carbons (Fsp3) is 0.500. The van der Waals surface area contributed by atoms with Crippen molar-refractivity contribution in [3.63, 3.8) is 0 Å². The predicted molar refractivity (Wildman–Crippen MR) is 72.4 cm³/mol. The lowest BCUT2D eigenvalue weighted by atomic mass is 9.89. The van der Waals surface area contributed by atoms with Gasteiger partial charge in [0, 0.05) is 31.5 Å². The number of ketones is 1. The number of piperidine rings is 1. The Labute approximate surface area is 113 Å². The Morgan fingerprint density at radius 2 is 1.63 bits per heavy atom. The average molecular weight is 279 g/mol. The number of rotatable bonds is 2. The summed E-state index contributed by atoms with van der Waals surface area (Å²) in [7, 11) is -3.02. The number of nitrogens with zero attached hydrogens (tertiary/aromatic N) is 1. The van der Waals surface area contributed by atoms with Crippen molar-refractivity contribution in [1.82, 2.24) is 4.90 Å². The molecule has 2 atom stereocenters. The molecule has 19 heavy (non-hydrogen) atoms. The van der Waals surface area contributed by atoms with Crippen molar-refractivity contribution < 1.29 is 13.2 Å². The van der Waals surface area contributed by atoms with Gasteiger partial charge in [-0.25, -0.2) is 8.42 Å². The predicted octanol–water partition coefficient (Wildman–Crippen LogP) is 0.732. The molecule has 2 aliphatic heterocycles. The molecular weight excluding hydrogens is 262 g/mol. The van der Waals surface area contributed by atoms with Gasteiger partial charge in [-0.2, -0.15) is 0 Å². The van der Waals surface area contributed by atoms with Crippen molar-refractivity contribution in [2.75, 3.05) is 24.6 Å². The number of fused-ring (bicyclic) bond motifs is 2. The minimum Gasteiger partial charge on any atom is -0.299 e. The van der Waals surface area contributed by atoms with Gasteiger partial charge < -0.3 is 0 Å². The van der Waals surface area contributed by atoms with Gasteiger partial charge in [0.2, 0.25) is 0 Å². The van der Waals surface area contributed by atoms with Crippen LogP contribution in [0.1, 0.15) is 5.56 Å². The quantitative estimate of drug-likeness (QED) is 0.801. The van der Waals surface area contributed by atoms with Crippen molar-refractivity contribution in [3.8, 4) is 0 Å². The Hall–Kier alpha value is -1.20. The van der Waals surface area contributed by atoms with Crippen LogP contribution in [0.2, 0.25) is 0 Å². The second kappa shape index (κ2) is 4.72. The standard InChI is InChI=1S/C14H17NO3S/c16-14-12-7-15(6-11-4-2-1-3-5-11)8-13(14)10-19(17,18)9-12/h1-5,12-13H,6-10H2. The Bertz CT molecular complexity index is 558. The number of sulfone groups is 1. The van der Waals surface area contributed by atoms with E-state index in [4.69, 9.17) is 0 Å². The third-order valence-corrected chi connectivity index (χ3v) is 5.74. The molecule has 2 fully saturated rings. The summed E-state index contributed by atoms with van der Waals surface area (Å²) in [5.41, 5.74) is 1.21. The van der Waals surface area contributed by atoms with E-state index in [0.29, 0.717) is 13.1 Å². The minimum absolute atomic E-state index is 0.0353. The zero-order chi connectivity index (χ0) is 13.5. The van der Waals surface area contributed by atoms with Crippen LogP contribution in [0.3, 0.4) is 0 Å². The number of carbonyl (C=O) groups is 1. The maximum atomic E-state index is 12.0. The highest BCUT2D eigenvalue weighted by molar-refractivity contribution is 7.91. The maximum absolute atomic E-state index is 12.0. The summed E-state index contributed by atoms with van der Waals surface area (Å²) < 4.78 is 23.4. The van der Waals surface area contributed by atoms with E-state index in [-0.39, 0.29) is 29.1 Å². The van der Waals surface area contributed by atoms with Gasteiger partial charge in [-0.3, -0.25) is 9.69 Å². The molecule has 0 amide bonds. The summed E-state index contributed by atoms with van der Waals surface area (Å²) in [4.78, 5) is 14.2. The molecule has 0 radical (unpaired) electrons. The first-order valence-electron chi connectivity index (χ1n) is 6.54. The molecule has 3 rings (SSSR count). The molecule has 2 saturated heterocycles. The highest BCUT2D eigenvalue weighted by Crippen LogP contribution is 2.27. The van der Waals surface area contributed by atoms with Gasteiger partial charge in [0.05, 0.1) is 11.5 Å². The number of Topliss-reactive ketones (excluding diaryl/α,β-unsaturated/α-hetero) is 1. The van der Waals surface area contributed by atoms with Crippen LogP contribution in [-0.4, -0.2) is 43.7 Å². The molecule has 1 aromatic rings. The highest BCUT2D eigenvalue weighted by atomic mass is 32.2. The normalized spacial score (nSPS) is 30.2. The first kappa shape index (κ1) is 12.8. The Morgan fingerprint density at radius 1 is 1.05 bits per heavy atom. The number of hydrogen-bond acceptors (Lipinski definition) is 4. The SMILES string of the molecule is O=C1C2CN(Cc3ccccc3)CC1CS(=O)(=O)C2. The molecule has 0 spiro atoms. The molecule has 0 aliphatic carbocycles. The molecule has 0 saturated carbocycles. The molecule has 2 aliphatic rings. The third-order valence-electron chi connectivity index (χ3n) is 3.92. The average Bonchev–Trinajstić information content (AvgIpc) is 2.33. The monoisotopic (exact) mass is 279 g/mol. The van der Waals surface area contributed by atoms with E-state index in [9.17, 15) is 13.2 Å². The fourth-order valence-electron chi connectivity index (χ4n) is 3.13. The first-order chi connectivity index (χ1) is 9.03. The molecule has 2 unspecified atom stereocenters. The summed E-state index contributed by atoms with van der Waals surface area (Å²) in [5.74, 6) is -0.414.